The first kappa shape index (κ1) is 20.4. The van der Waals surface area contributed by atoms with Crippen molar-refractivity contribution in [1.29, 1.82) is 0 Å². The molecule has 0 spiro atoms. The van der Waals surface area contributed by atoms with Crippen LogP contribution in [-0.2, 0) is 0 Å². The van der Waals surface area contributed by atoms with E-state index in [9.17, 15) is 26.7 Å². The molecule has 4 rings (SSSR count). The molecule has 1 aromatic carbocycles. The number of aromatic nitrogens is 5. The van der Waals surface area contributed by atoms with Crippen LogP contribution in [0.25, 0.3) is 28.2 Å². The van der Waals surface area contributed by atoms with Crippen LogP contribution in [0.2, 0.25) is 0 Å². The maximum absolute atomic E-state index is 12.9. The van der Waals surface area contributed by atoms with Crippen molar-refractivity contribution in [2.45, 2.75) is 12.6 Å². The van der Waals surface area contributed by atoms with Crippen molar-refractivity contribution in [3.63, 3.8) is 0 Å². The fourth-order valence-electron chi connectivity index (χ4n) is 2.88. The van der Waals surface area contributed by atoms with E-state index in [1.54, 1.807) is 18.2 Å². The molecule has 12 heteroatoms. The molecular weight excluding hydrogens is 425 g/mol. The van der Waals surface area contributed by atoms with Crippen LogP contribution in [0.5, 0.6) is 6.01 Å². The molecule has 1 N–H and O–H groups in total. The zero-order valence-electron chi connectivity index (χ0n) is 15.4. The summed E-state index contributed by atoms with van der Waals surface area (Å²) in [5.41, 5.74) is -0.113. The van der Waals surface area contributed by atoms with Crippen LogP contribution in [0.1, 0.15) is 12.0 Å². The van der Waals surface area contributed by atoms with E-state index in [0.29, 0.717) is 11.3 Å². The van der Waals surface area contributed by atoms with Crippen molar-refractivity contribution in [3.05, 3.63) is 64.7 Å². The Hall–Kier alpha value is -3.83. The fraction of sp³-hybridized carbons (Fsp3) is 0.158. The number of benzene rings is 1. The van der Waals surface area contributed by atoms with Gasteiger partial charge in [0.15, 0.2) is 12.3 Å². The molecule has 0 radical (unpaired) electrons. The quantitative estimate of drug-likeness (QED) is 0.477. The summed E-state index contributed by atoms with van der Waals surface area (Å²) in [7, 11) is 0. The van der Waals surface area contributed by atoms with Crippen molar-refractivity contribution in [2.24, 2.45) is 0 Å². The molecule has 0 saturated carbocycles. The monoisotopic (exact) mass is 437 g/mol. The summed E-state index contributed by atoms with van der Waals surface area (Å²) in [6.07, 6.45) is -5.84. The summed E-state index contributed by atoms with van der Waals surface area (Å²) in [6.45, 7) is -1.66. The van der Waals surface area contributed by atoms with Crippen molar-refractivity contribution >= 4 is 5.65 Å². The maximum atomic E-state index is 12.9. The minimum atomic E-state index is -4.64. The Kier molecular flexibility index (Phi) is 5.13. The zero-order valence-corrected chi connectivity index (χ0v) is 15.4. The summed E-state index contributed by atoms with van der Waals surface area (Å²) < 4.78 is 68.8. The second kappa shape index (κ2) is 7.78. The largest absolute Gasteiger partial charge is 0.455 e. The van der Waals surface area contributed by atoms with Gasteiger partial charge in [0, 0.05) is 11.8 Å². The summed E-state index contributed by atoms with van der Waals surface area (Å²) in [4.78, 5) is 22.6. The minimum Gasteiger partial charge on any atom is -0.455 e. The smallest absolute Gasteiger partial charge is 0.422 e. The number of hydrogen-bond donors (Lipinski definition) is 1. The predicted octanol–water partition coefficient (Wildman–Crippen LogP) is 4.03. The third-order valence-corrected chi connectivity index (χ3v) is 4.21. The molecule has 0 aliphatic carbocycles. The molecule has 0 saturated heterocycles. The molecule has 4 aromatic rings. The molecule has 3 aromatic heterocycles. The van der Waals surface area contributed by atoms with Gasteiger partial charge in [-0.1, -0.05) is 30.3 Å². The topological polar surface area (TPSA) is 85.2 Å². The molecular formula is C19H12F5N5O2. The number of ether oxygens (including phenoxy) is 1. The second-order valence-electron chi connectivity index (χ2n) is 6.35. The van der Waals surface area contributed by atoms with Gasteiger partial charge in [-0.05, 0) is 17.7 Å². The average Bonchev–Trinajstić information content (AvgIpc) is 3.12. The number of alkyl halides is 5. The lowest BCUT2D eigenvalue weighted by Crippen LogP contribution is -2.24. The van der Waals surface area contributed by atoms with E-state index in [4.69, 9.17) is 0 Å². The number of hydrogen-bond acceptors (Lipinski definition) is 5. The van der Waals surface area contributed by atoms with Gasteiger partial charge in [0.2, 0.25) is 0 Å². The summed E-state index contributed by atoms with van der Waals surface area (Å²) >= 11 is 0. The molecule has 0 bridgehead atoms. The van der Waals surface area contributed by atoms with Gasteiger partial charge in [0.1, 0.15) is 5.69 Å². The van der Waals surface area contributed by atoms with Crippen LogP contribution < -0.4 is 10.4 Å². The van der Waals surface area contributed by atoms with Gasteiger partial charge in [-0.25, -0.2) is 13.6 Å². The zero-order chi connectivity index (χ0) is 22.2. The van der Waals surface area contributed by atoms with E-state index in [0.717, 1.165) is 4.52 Å². The normalized spacial score (nSPS) is 11.9. The predicted molar refractivity (Wildman–Crippen MR) is 98.8 cm³/mol. The van der Waals surface area contributed by atoms with E-state index in [-0.39, 0.29) is 22.5 Å². The third kappa shape index (κ3) is 4.22. The molecule has 31 heavy (non-hydrogen) atoms. The maximum Gasteiger partial charge on any atom is 0.422 e. The Morgan fingerprint density at radius 2 is 1.84 bits per heavy atom. The molecule has 0 fully saturated rings. The number of pyridine rings is 1. The van der Waals surface area contributed by atoms with Crippen LogP contribution in [0.15, 0.2) is 53.5 Å². The number of fused-ring (bicyclic) bond motifs is 1. The third-order valence-electron chi connectivity index (χ3n) is 4.21. The van der Waals surface area contributed by atoms with Crippen LogP contribution in [0.4, 0.5) is 22.0 Å². The molecule has 0 unspecified atom stereocenters. The first-order valence-corrected chi connectivity index (χ1v) is 8.75. The van der Waals surface area contributed by atoms with Crippen molar-refractivity contribution in [3.8, 4) is 28.5 Å². The Morgan fingerprint density at radius 3 is 2.45 bits per heavy atom. The fourth-order valence-corrected chi connectivity index (χ4v) is 2.88. The van der Waals surface area contributed by atoms with E-state index >= 15 is 0 Å². The standard InChI is InChI=1S/C19H12F5N5O2/c20-15(21)11-6-4-10(5-7-11)13-14(12-3-1-2-8-25-12)28-29-16(13)26-17(27-18(29)30)31-9-19(22,23)24/h1-8,15H,9H2,(H,26,27,30). The van der Waals surface area contributed by atoms with Gasteiger partial charge < -0.3 is 4.74 Å². The number of nitrogens with zero attached hydrogens (tertiary/aromatic N) is 4. The van der Waals surface area contributed by atoms with E-state index < -0.39 is 30.9 Å². The van der Waals surface area contributed by atoms with Crippen LogP contribution in [0.3, 0.4) is 0 Å². The lowest BCUT2D eigenvalue weighted by Gasteiger charge is -2.08. The van der Waals surface area contributed by atoms with E-state index in [2.05, 4.69) is 24.8 Å². The first-order chi connectivity index (χ1) is 14.7. The van der Waals surface area contributed by atoms with Gasteiger partial charge in [-0.3, -0.25) is 9.97 Å². The van der Waals surface area contributed by atoms with Gasteiger partial charge in [-0.15, -0.1) is 0 Å². The van der Waals surface area contributed by atoms with Gasteiger partial charge >= 0.3 is 11.9 Å². The number of rotatable bonds is 5. The summed E-state index contributed by atoms with van der Waals surface area (Å²) in [5.74, 6) is 0. The Labute approximate surface area is 170 Å². The van der Waals surface area contributed by atoms with Crippen molar-refractivity contribution in [1.82, 2.24) is 24.6 Å². The Morgan fingerprint density at radius 1 is 1.10 bits per heavy atom. The number of aromatic amines is 1. The van der Waals surface area contributed by atoms with Gasteiger partial charge in [0.25, 0.3) is 12.4 Å². The molecule has 0 aliphatic rings. The lowest BCUT2D eigenvalue weighted by atomic mass is 10.0. The van der Waals surface area contributed by atoms with Gasteiger partial charge in [-0.2, -0.15) is 27.8 Å². The van der Waals surface area contributed by atoms with Crippen LogP contribution in [0, 0.1) is 0 Å². The average molecular weight is 437 g/mol. The van der Waals surface area contributed by atoms with Gasteiger partial charge in [0.05, 0.1) is 11.3 Å². The highest BCUT2D eigenvalue weighted by Gasteiger charge is 2.29. The van der Waals surface area contributed by atoms with Crippen molar-refractivity contribution < 1.29 is 26.7 Å². The SMILES string of the molecule is O=c1[nH]c(OCC(F)(F)F)nc2c(-c3ccc(C(F)F)cc3)c(-c3ccccn3)nn12. The number of H-pyrrole nitrogens is 1. The van der Waals surface area contributed by atoms with Crippen LogP contribution >= 0.6 is 0 Å². The van der Waals surface area contributed by atoms with Crippen LogP contribution in [-0.4, -0.2) is 37.3 Å². The second-order valence-corrected chi connectivity index (χ2v) is 6.35. The number of nitrogens with one attached hydrogen (secondary N) is 1. The highest BCUT2D eigenvalue weighted by atomic mass is 19.4. The molecule has 7 nitrogen and oxygen atoms in total. The molecule has 0 atom stereocenters. The number of halogens is 5. The molecule has 0 amide bonds. The summed E-state index contributed by atoms with van der Waals surface area (Å²) in [5, 5.41) is 4.19. The summed E-state index contributed by atoms with van der Waals surface area (Å²) in [6, 6.07) is 9.42. The molecule has 3 heterocycles. The Bertz CT molecular complexity index is 1270. The lowest BCUT2D eigenvalue weighted by molar-refractivity contribution is -0.154. The minimum absolute atomic E-state index is 0.119. The highest BCUT2D eigenvalue weighted by molar-refractivity contribution is 5.89. The van der Waals surface area contributed by atoms with E-state index in [1.165, 1.54) is 30.5 Å². The van der Waals surface area contributed by atoms with Crippen molar-refractivity contribution in [2.75, 3.05) is 6.61 Å². The molecule has 0 aliphatic heterocycles. The Balaban J connectivity index is 1.93. The highest BCUT2D eigenvalue weighted by Crippen LogP contribution is 2.34. The first-order valence-electron chi connectivity index (χ1n) is 8.75. The van der Waals surface area contributed by atoms with E-state index in [1.807, 2.05) is 0 Å². The molecule has 160 valence electrons.